The summed E-state index contributed by atoms with van der Waals surface area (Å²) >= 11 is 0. The van der Waals surface area contributed by atoms with Gasteiger partial charge in [-0.2, -0.15) is 0 Å². The van der Waals surface area contributed by atoms with Crippen LogP contribution in [0.4, 0.5) is 4.39 Å². The minimum Gasteiger partial charge on any atom is -0.311 e. The normalized spacial score (nSPS) is 20.9. The number of likely N-dealkylation sites (N-methyl/N-ethyl adjacent to an activating group) is 1. The zero-order chi connectivity index (χ0) is 12.1. The van der Waals surface area contributed by atoms with Gasteiger partial charge in [-0.3, -0.25) is 4.90 Å². The smallest absolute Gasteiger partial charge is 0.127 e. The minimum absolute atomic E-state index is 0.112. The van der Waals surface area contributed by atoms with E-state index < -0.39 is 0 Å². The molecule has 0 saturated carbocycles. The summed E-state index contributed by atoms with van der Waals surface area (Å²) in [6, 6.07) is 7.61. The van der Waals surface area contributed by atoms with Crippen molar-refractivity contribution in [3.63, 3.8) is 0 Å². The fraction of sp³-hybridized carbons (Fsp3) is 0.571. The summed E-state index contributed by atoms with van der Waals surface area (Å²) in [5.41, 5.74) is 0.758. The highest BCUT2D eigenvalue weighted by Crippen LogP contribution is 2.15. The van der Waals surface area contributed by atoms with Crippen LogP contribution in [0.5, 0.6) is 0 Å². The van der Waals surface area contributed by atoms with E-state index in [1.54, 1.807) is 6.07 Å². The zero-order valence-electron chi connectivity index (χ0n) is 10.5. The van der Waals surface area contributed by atoms with Crippen LogP contribution < -0.4 is 5.32 Å². The van der Waals surface area contributed by atoms with Gasteiger partial charge in [0.05, 0.1) is 0 Å². The molecule has 0 bridgehead atoms. The summed E-state index contributed by atoms with van der Waals surface area (Å²) in [5.74, 6) is -0.112. The Morgan fingerprint density at radius 1 is 1.41 bits per heavy atom. The van der Waals surface area contributed by atoms with Crippen molar-refractivity contribution in [1.29, 1.82) is 0 Å². The van der Waals surface area contributed by atoms with Crippen LogP contribution >= 0.6 is 0 Å². The van der Waals surface area contributed by atoms with Crippen molar-refractivity contribution in [3.8, 4) is 0 Å². The minimum atomic E-state index is -0.112. The molecule has 1 fully saturated rings. The molecule has 1 aliphatic rings. The maximum atomic E-state index is 13.4. The Morgan fingerprint density at radius 3 is 3.00 bits per heavy atom. The number of hydrogen-bond donors (Lipinski definition) is 1. The lowest BCUT2D eigenvalue weighted by Crippen LogP contribution is -2.37. The summed E-state index contributed by atoms with van der Waals surface area (Å²) in [6.45, 7) is 6.12. The van der Waals surface area contributed by atoms with Crippen LogP contribution in [-0.4, -0.2) is 30.6 Å². The lowest BCUT2D eigenvalue weighted by molar-refractivity contribution is 0.259. The Morgan fingerprint density at radius 2 is 2.24 bits per heavy atom. The van der Waals surface area contributed by atoms with E-state index in [1.807, 2.05) is 12.1 Å². The summed E-state index contributed by atoms with van der Waals surface area (Å²) in [7, 11) is 0. The molecule has 1 saturated heterocycles. The molecule has 2 nitrogen and oxygen atoms in total. The van der Waals surface area contributed by atoms with Gasteiger partial charge in [0.25, 0.3) is 0 Å². The molecule has 0 spiro atoms. The molecular weight excluding hydrogens is 215 g/mol. The predicted molar refractivity (Wildman–Crippen MR) is 68.4 cm³/mol. The molecule has 17 heavy (non-hydrogen) atoms. The maximum absolute atomic E-state index is 13.4. The molecule has 0 unspecified atom stereocenters. The van der Waals surface area contributed by atoms with Crippen molar-refractivity contribution in [2.75, 3.05) is 19.6 Å². The number of nitrogens with zero attached hydrogens (tertiary/aromatic N) is 1. The van der Waals surface area contributed by atoms with Crippen LogP contribution in [0, 0.1) is 5.82 Å². The molecule has 0 amide bonds. The molecule has 0 radical (unpaired) electrons. The van der Waals surface area contributed by atoms with Gasteiger partial charge < -0.3 is 5.32 Å². The fourth-order valence-corrected chi connectivity index (χ4v) is 2.56. The van der Waals surface area contributed by atoms with E-state index in [4.69, 9.17) is 0 Å². The Labute approximate surface area is 103 Å². The van der Waals surface area contributed by atoms with E-state index in [0.29, 0.717) is 12.6 Å². The van der Waals surface area contributed by atoms with Gasteiger partial charge in [0, 0.05) is 24.7 Å². The van der Waals surface area contributed by atoms with Gasteiger partial charge >= 0.3 is 0 Å². The van der Waals surface area contributed by atoms with E-state index in [-0.39, 0.29) is 5.82 Å². The van der Waals surface area contributed by atoms with E-state index in [1.165, 1.54) is 25.5 Å². The molecule has 2 rings (SSSR count). The Balaban J connectivity index is 1.78. The Hall–Kier alpha value is -0.930. The van der Waals surface area contributed by atoms with Gasteiger partial charge in [0.2, 0.25) is 0 Å². The quantitative estimate of drug-likeness (QED) is 0.844. The molecule has 1 heterocycles. The maximum Gasteiger partial charge on any atom is 0.127 e. The summed E-state index contributed by atoms with van der Waals surface area (Å²) in [5, 5.41) is 3.37. The number of nitrogens with one attached hydrogen (secondary N) is 1. The van der Waals surface area contributed by atoms with Crippen molar-refractivity contribution < 1.29 is 4.39 Å². The second-order valence-electron chi connectivity index (χ2n) is 4.65. The van der Waals surface area contributed by atoms with Gasteiger partial charge in [-0.1, -0.05) is 25.1 Å². The molecule has 1 atom stereocenters. The van der Waals surface area contributed by atoms with Crippen LogP contribution in [0.2, 0.25) is 0 Å². The van der Waals surface area contributed by atoms with E-state index in [2.05, 4.69) is 17.1 Å². The largest absolute Gasteiger partial charge is 0.311 e. The first kappa shape index (κ1) is 12.5. The third-order valence-electron chi connectivity index (χ3n) is 3.56. The van der Waals surface area contributed by atoms with Crippen molar-refractivity contribution in [3.05, 3.63) is 35.6 Å². The number of halogens is 1. The highest BCUT2D eigenvalue weighted by molar-refractivity contribution is 5.16. The van der Waals surface area contributed by atoms with E-state index >= 15 is 0 Å². The molecule has 0 aromatic heterocycles. The highest BCUT2D eigenvalue weighted by atomic mass is 19.1. The average Bonchev–Trinajstić information content (AvgIpc) is 2.79. The SMILES string of the molecule is CCN1CCC[C@@H]1CNCc1ccccc1F. The molecular formula is C14H21FN2. The van der Waals surface area contributed by atoms with Gasteiger partial charge in [-0.05, 0) is 32.0 Å². The van der Waals surface area contributed by atoms with Crippen LogP contribution in [0.15, 0.2) is 24.3 Å². The predicted octanol–water partition coefficient (Wildman–Crippen LogP) is 2.40. The lowest BCUT2D eigenvalue weighted by Gasteiger charge is -2.23. The second kappa shape index (κ2) is 6.12. The molecule has 1 aliphatic heterocycles. The first-order valence-corrected chi connectivity index (χ1v) is 6.49. The van der Waals surface area contributed by atoms with Crippen LogP contribution in [0.25, 0.3) is 0 Å². The molecule has 3 heteroatoms. The first-order valence-electron chi connectivity index (χ1n) is 6.49. The molecule has 94 valence electrons. The first-order chi connectivity index (χ1) is 8.31. The highest BCUT2D eigenvalue weighted by Gasteiger charge is 2.22. The topological polar surface area (TPSA) is 15.3 Å². The van der Waals surface area contributed by atoms with Crippen molar-refractivity contribution in [1.82, 2.24) is 10.2 Å². The molecule has 0 aliphatic carbocycles. The number of likely N-dealkylation sites (tertiary alicyclic amines) is 1. The van der Waals surface area contributed by atoms with Gasteiger partial charge in [-0.25, -0.2) is 4.39 Å². The van der Waals surface area contributed by atoms with Crippen molar-refractivity contribution >= 4 is 0 Å². The average molecular weight is 236 g/mol. The van der Waals surface area contributed by atoms with Crippen LogP contribution in [0.1, 0.15) is 25.3 Å². The summed E-state index contributed by atoms with van der Waals surface area (Å²) < 4.78 is 13.4. The van der Waals surface area contributed by atoms with Crippen LogP contribution in [-0.2, 0) is 6.54 Å². The monoisotopic (exact) mass is 236 g/mol. The zero-order valence-corrected chi connectivity index (χ0v) is 10.5. The molecule has 1 N–H and O–H groups in total. The van der Waals surface area contributed by atoms with Gasteiger partial charge in [-0.15, -0.1) is 0 Å². The van der Waals surface area contributed by atoms with E-state index in [0.717, 1.165) is 18.7 Å². The number of rotatable bonds is 5. The Kier molecular flexibility index (Phi) is 4.51. The standard InChI is InChI=1S/C14H21FN2/c1-2-17-9-5-7-13(17)11-16-10-12-6-3-4-8-14(12)15/h3-4,6,8,13,16H,2,5,7,9-11H2,1H3/t13-/m1/s1. The van der Waals surface area contributed by atoms with Gasteiger partial charge in [0.15, 0.2) is 0 Å². The third kappa shape index (κ3) is 3.27. The second-order valence-corrected chi connectivity index (χ2v) is 4.65. The third-order valence-corrected chi connectivity index (χ3v) is 3.56. The number of hydrogen-bond acceptors (Lipinski definition) is 2. The van der Waals surface area contributed by atoms with Gasteiger partial charge in [0.1, 0.15) is 5.82 Å². The van der Waals surface area contributed by atoms with Crippen molar-refractivity contribution in [2.24, 2.45) is 0 Å². The summed E-state index contributed by atoms with van der Waals surface area (Å²) in [6.07, 6.45) is 2.55. The Bertz CT molecular complexity index is 354. The summed E-state index contributed by atoms with van der Waals surface area (Å²) in [4.78, 5) is 2.49. The van der Waals surface area contributed by atoms with Crippen LogP contribution in [0.3, 0.4) is 0 Å². The number of benzene rings is 1. The molecule has 1 aromatic carbocycles. The molecule has 1 aromatic rings. The van der Waals surface area contributed by atoms with E-state index in [9.17, 15) is 4.39 Å². The van der Waals surface area contributed by atoms with Crippen molar-refractivity contribution in [2.45, 2.75) is 32.4 Å². The lowest BCUT2D eigenvalue weighted by atomic mass is 10.2. The fourth-order valence-electron chi connectivity index (χ4n) is 2.56.